The lowest BCUT2D eigenvalue weighted by atomic mass is 9.91. The van der Waals surface area contributed by atoms with Crippen molar-refractivity contribution in [2.45, 2.75) is 12.3 Å². The molecular formula is C24H23FN6O. The topological polar surface area (TPSA) is 98.7 Å². The number of nitrogens with one attached hydrogen (secondary N) is 1. The second-order valence-corrected chi connectivity index (χ2v) is 7.47. The maximum atomic E-state index is 13.5. The number of aryl methyl sites for hydroxylation is 1. The van der Waals surface area contributed by atoms with E-state index in [0.717, 1.165) is 11.1 Å². The Bertz CT molecular complexity index is 1220. The number of rotatable bonds is 8. The standard InChI is InChI=1S/C24H23FN6O/c1-31-15-18(14-29-31)21-8-7-20(22(23(26)32)17-5-3-10-27-13-17)24(30-21)28-11-9-16-4-2-6-19(25)12-16/h2-8,10,12-15,22H,9,11H2,1H3,(H2,26,32)(H,28,30). The number of pyridine rings is 2. The van der Waals surface area contributed by atoms with E-state index in [1.165, 1.54) is 12.1 Å². The van der Waals surface area contributed by atoms with E-state index in [-0.39, 0.29) is 5.82 Å². The molecule has 0 radical (unpaired) electrons. The Balaban J connectivity index is 1.68. The van der Waals surface area contributed by atoms with Crippen molar-refractivity contribution in [3.05, 3.63) is 95.8 Å². The van der Waals surface area contributed by atoms with E-state index in [9.17, 15) is 9.18 Å². The molecule has 7 nitrogen and oxygen atoms in total. The van der Waals surface area contributed by atoms with Crippen LogP contribution in [0.3, 0.4) is 0 Å². The van der Waals surface area contributed by atoms with Crippen molar-refractivity contribution in [3.63, 3.8) is 0 Å². The zero-order valence-electron chi connectivity index (χ0n) is 17.6. The van der Waals surface area contributed by atoms with Crippen molar-refractivity contribution >= 4 is 11.7 Å². The third kappa shape index (κ3) is 4.80. The van der Waals surface area contributed by atoms with Crippen LogP contribution in [0.15, 0.2) is 73.3 Å². The molecule has 0 aliphatic heterocycles. The van der Waals surface area contributed by atoms with E-state index >= 15 is 0 Å². The molecular weight excluding hydrogens is 407 g/mol. The molecule has 1 unspecified atom stereocenters. The first-order chi connectivity index (χ1) is 15.5. The van der Waals surface area contributed by atoms with Crippen LogP contribution in [0.5, 0.6) is 0 Å². The monoisotopic (exact) mass is 430 g/mol. The first-order valence-corrected chi connectivity index (χ1v) is 10.2. The molecule has 3 aromatic heterocycles. The molecule has 0 bridgehead atoms. The van der Waals surface area contributed by atoms with Gasteiger partial charge in [-0.2, -0.15) is 5.10 Å². The molecule has 1 atom stereocenters. The van der Waals surface area contributed by atoms with E-state index in [1.807, 2.05) is 37.5 Å². The Morgan fingerprint density at radius 3 is 2.75 bits per heavy atom. The van der Waals surface area contributed by atoms with Crippen molar-refractivity contribution in [2.75, 3.05) is 11.9 Å². The van der Waals surface area contributed by atoms with E-state index in [4.69, 9.17) is 10.7 Å². The van der Waals surface area contributed by atoms with Crippen LogP contribution in [0.2, 0.25) is 0 Å². The van der Waals surface area contributed by atoms with Crippen LogP contribution >= 0.6 is 0 Å². The predicted molar refractivity (Wildman–Crippen MR) is 120 cm³/mol. The maximum Gasteiger partial charge on any atom is 0.229 e. The fraction of sp³-hybridized carbons (Fsp3) is 0.167. The Hall–Kier alpha value is -4.07. The first kappa shape index (κ1) is 21.2. The van der Waals surface area contributed by atoms with Crippen molar-refractivity contribution in [1.82, 2.24) is 19.7 Å². The molecule has 0 saturated carbocycles. The number of carbonyl (C=O) groups is 1. The molecule has 0 aliphatic rings. The number of aromatic nitrogens is 4. The van der Waals surface area contributed by atoms with Gasteiger partial charge in [-0.25, -0.2) is 9.37 Å². The number of carbonyl (C=O) groups excluding carboxylic acids is 1. The molecule has 0 fully saturated rings. The van der Waals surface area contributed by atoms with E-state index in [2.05, 4.69) is 15.4 Å². The van der Waals surface area contributed by atoms with Gasteiger partial charge in [-0.05, 0) is 41.8 Å². The van der Waals surface area contributed by atoms with Crippen molar-refractivity contribution in [2.24, 2.45) is 12.8 Å². The highest BCUT2D eigenvalue weighted by atomic mass is 19.1. The number of halogens is 1. The number of anilines is 1. The highest BCUT2D eigenvalue weighted by Gasteiger charge is 2.25. The summed E-state index contributed by atoms with van der Waals surface area (Å²) in [6, 6.07) is 13.7. The van der Waals surface area contributed by atoms with Crippen molar-refractivity contribution < 1.29 is 9.18 Å². The smallest absolute Gasteiger partial charge is 0.229 e. The van der Waals surface area contributed by atoms with E-state index in [0.29, 0.717) is 35.6 Å². The Kier molecular flexibility index (Phi) is 6.21. The molecule has 3 N–H and O–H groups in total. The Morgan fingerprint density at radius 1 is 1.19 bits per heavy atom. The fourth-order valence-corrected chi connectivity index (χ4v) is 3.62. The lowest BCUT2D eigenvalue weighted by Gasteiger charge is -2.19. The molecule has 4 rings (SSSR count). The highest BCUT2D eigenvalue weighted by molar-refractivity contribution is 5.87. The molecule has 4 aromatic rings. The molecule has 0 spiro atoms. The van der Waals surface area contributed by atoms with Gasteiger partial charge in [-0.15, -0.1) is 0 Å². The summed E-state index contributed by atoms with van der Waals surface area (Å²) in [5, 5.41) is 7.52. The number of nitrogens with zero attached hydrogens (tertiary/aromatic N) is 4. The first-order valence-electron chi connectivity index (χ1n) is 10.2. The molecule has 1 amide bonds. The summed E-state index contributed by atoms with van der Waals surface area (Å²) in [5.41, 5.74) is 9.54. The molecule has 0 saturated heterocycles. The minimum atomic E-state index is -0.712. The third-order valence-corrected chi connectivity index (χ3v) is 5.14. The summed E-state index contributed by atoms with van der Waals surface area (Å²) < 4.78 is 15.2. The van der Waals surface area contributed by atoms with Gasteiger partial charge in [0.1, 0.15) is 11.6 Å². The second kappa shape index (κ2) is 9.38. The van der Waals surface area contributed by atoms with Gasteiger partial charge >= 0.3 is 0 Å². The van der Waals surface area contributed by atoms with Crippen molar-refractivity contribution in [1.29, 1.82) is 0 Å². The van der Waals surface area contributed by atoms with E-state index < -0.39 is 11.8 Å². The van der Waals surface area contributed by atoms with Crippen LogP contribution in [0.25, 0.3) is 11.3 Å². The summed E-state index contributed by atoms with van der Waals surface area (Å²) in [5.74, 6) is -0.946. The summed E-state index contributed by atoms with van der Waals surface area (Å²) in [4.78, 5) is 21.3. The van der Waals surface area contributed by atoms with Gasteiger partial charge in [-0.1, -0.05) is 24.3 Å². The summed E-state index contributed by atoms with van der Waals surface area (Å²) >= 11 is 0. The molecule has 8 heteroatoms. The zero-order chi connectivity index (χ0) is 22.5. The van der Waals surface area contributed by atoms with Crippen LogP contribution in [0.1, 0.15) is 22.6 Å². The second-order valence-electron chi connectivity index (χ2n) is 7.47. The van der Waals surface area contributed by atoms with Gasteiger partial charge in [0.05, 0.1) is 17.8 Å². The highest BCUT2D eigenvalue weighted by Crippen LogP contribution is 2.31. The zero-order valence-corrected chi connectivity index (χ0v) is 17.6. The molecule has 3 heterocycles. The minimum absolute atomic E-state index is 0.273. The summed E-state index contributed by atoms with van der Waals surface area (Å²) in [6.07, 6.45) is 7.45. The average Bonchev–Trinajstić information content (AvgIpc) is 3.22. The molecule has 162 valence electrons. The SMILES string of the molecule is Cn1cc(-c2ccc(C(C(N)=O)c3cccnc3)c(NCCc3cccc(F)c3)n2)cn1. The molecule has 1 aromatic carbocycles. The van der Waals surface area contributed by atoms with Gasteiger partial charge < -0.3 is 11.1 Å². The van der Waals surface area contributed by atoms with Crippen LogP contribution < -0.4 is 11.1 Å². The van der Waals surface area contributed by atoms with Crippen LogP contribution in [-0.4, -0.2) is 32.2 Å². The van der Waals surface area contributed by atoms with Gasteiger partial charge in [0, 0.05) is 43.3 Å². The van der Waals surface area contributed by atoms with Gasteiger partial charge in [0.2, 0.25) is 5.91 Å². The maximum absolute atomic E-state index is 13.5. The predicted octanol–water partition coefficient (Wildman–Crippen LogP) is 3.29. The van der Waals surface area contributed by atoms with Crippen LogP contribution in [0, 0.1) is 5.82 Å². The number of benzene rings is 1. The minimum Gasteiger partial charge on any atom is -0.369 e. The lowest BCUT2D eigenvalue weighted by molar-refractivity contribution is -0.118. The Morgan fingerprint density at radius 2 is 2.06 bits per heavy atom. The van der Waals surface area contributed by atoms with Crippen molar-refractivity contribution in [3.8, 4) is 11.3 Å². The largest absolute Gasteiger partial charge is 0.369 e. The number of nitrogens with two attached hydrogens (primary N) is 1. The molecule has 32 heavy (non-hydrogen) atoms. The van der Waals surface area contributed by atoms with Gasteiger partial charge in [0.25, 0.3) is 0 Å². The normalized spacial score (nSPS) is 11.8. The number of hydrogen-bond acceptors (Lipinski definition) is 5. The average molecular weight is 430 g/mol. The van der Waals surface area contributed by atoms with E-state index in [1.54, 1.807) is 35.4 Å². The van der Waals surface area contributed by atoms with Crippen LogP contribution in [-0.2, 0) is 18.3 Å². The number of amides is 1. The molecule has 0 aliphatic carbocycles. The summed E-state index contributed by atoms with van der Waals surface area (Å²) in [7, 11) is 1.83. The fourth-order valence-electron chi connectivity index (χ4n) is 3.62. The number of hydrogen-bond donors (Lipinski definition) is 2. The third-order valence-electron chi connectivity index (χ3n) is 5.14. The lowest BCUT2D eigenvalue weighted by Crippen LogP contribution is -2.24. The Labute approximate surface area is 185 Å². The quantitative estimate of drug-likeness (QED) is 0.447. The summed E-state index contributed by atoms with van der Waals surface area (Å²) in [6.45, 7) is 0.498. The van der Waals surface area contributed by atoms with Crippen LogP contribution in [0.4, 0.5) is 10.2 Å². The van der Waals surface area contributed by atoms with Gasteiger partial charge in [0.15, 0.2) is 0 Å². The van der Waals surface area contributed by atoms with Gasteiger partial charge in [-0.3, -0.25) is 14.5 Å². The number of primary amides is 1.